The Kier molecular flexibility index (Phi) is 5.15. The number of ether oxygens (including phenoxy) is 1. The van der Waals surface area contributed by atoms with E-state index in [2.05, 4.69) is 47.4 Å². The fraction of sp³-hybridized carbons (Fsp3) is 0.450. The summed E-state index contributed by atoms with van der Waals surface area (Å²) in [4.78, 5) is 19.5. The summed E-state index contributed by atoms with van der Waals surface area (Å²) in [7, 11) is 0. The molecule has 3 heterocycles. The van der Waals surface area contributed by atoms with Gasteiger partial charge in [-0.1, -0.05) is 30.3 Å². The largest absolute Gasteiger partial charge is 0.368 e. The average molecular weight is 356 g/mol. The average Bonchev–Trinajstić information content (AvgIpc) is 3.35. The SMILES string of the molecule is O=C(C1CCCO1)N1CCN(Cc2ccc(-c3ccccc3)s2)CC1. The van der Waals surface area contributed by atoms with Crippen LogP contribution in [-0.2, 0) is 16.1 Å². The number of rotatable bonds is 4. The van der Waals surface area contributed by atoms with E-state index in [-0.39, 0.29) is 12.0 Å². The van der Waals surface area contributed by atoms with E-state index in [1.54, 1.807) is 0 Å². The quantitative estimate of drug-likeness (QED) is 0.843. The van der Waals surface area contributed by atoms with Crippen molar-refractivity contribution in [2.75, 3.05) is 32.8 Å². The minimum absolute atomic E-state index is 0.183. The lowest BCUT2D eigenvalue weighted by atomic mass is 10.2. The maximum Gasteiger partial charge on any atom is 0.251 e. The van der Waals surface area contributed by atoms with Crippen molar-refractivity contribution >= 4 is 17.2 Å². The monoisotopic (exact) mass is 356 g/mol. The Hall–Kier alpha value is -1.69. The molecule has 0 saturated carbocycles. The van der Waals surface area contributed by atoms with Crippen LogP contribution in [0.25, 0.3) is 10.4 Å². The van der Waals surface area contributed by atoms with E-state index in [9.17, 15) is 4.79 Å². The molecule has 2 saturated heterocycles. The van der Waals surface area contributed by atoms with Crippen LogP contribution in [0.2, 0.25) is 0 Å². The summed E-state index contributed by atoms with van der Waals surface area (Å²) in [5.74, 6) is 0.194. The fourth-order valence-corrected chi connectivity index (χ4v) is 4.60. The van der Waals surface area contributed by atoms with Crippen molar-refractivity contribution < 1.29 is 9.53 Å². The van der Waals surface area contributed by atoms with Crippen molar-refractivity contribution in [1.82, 2.24) is 9.80 Å². The molecule has 0 aliphatic carbocycles. The molecule has 132 valence electrons. The summed E-state index contributed by atoms with van der Waals surface area (Å²) in [6.45, 7) is 5.22. The van der Waals surface area contributed by atoms with Gasteiger partial charge in [0, 0.05) is 49.1 Å². The Morgan fingerprint density at radius 1 is 1.08 bits per heavy atom. The molecule has 1 atom stereocenters. The van der Waals surface area contributed by atoms with E-state index in [0.29, 0.717) is 0 Å². The van der Waals surface area contributed by atoms with Gasteiger partial charge in [-0.3, -0.25) is 9.69 Å². The second-order valence-electron chi connectivity index (χ2n) is 6.74. The molecule has 2 aliphatic heterocycles. The lowest BCUT2D eigenvalue weighted by molar-refractivity contribution is -0.142. The molecule has 2 aromatic rings. The van der Waals surface area contributed by atoms with Crippen molar-refractivity contribution in [2.24, 2.45) is 0 Å². The number of benzene rings is 1. The number of amides is 1. The van der Waals surface area contributed by atoms with Crippen molar-refractivity contribution in [3.8, 4) is 10.4 Å². The molecule has 2 aliphatic rings. The number of nitrogens with zero attached hydrogens (tertiary/aromatic N) is 2. The molecule has 0 bridgehead atoms. The summed E-state index contributed by atoms with van der Waals surface area (Å²) in [5, 5.41) is 0. The van der Waals surface area contributed by atoms with Crippen molar-refractivity contribution in [1.29, 1.82) is 0 Å². The van der Waals surface area contributed by atoms with Crippen LogP contribution >= 0.6 is 11.3 Å². The smallest absolute Gasteiger partial charge is 0.251 e. The summed E-state index contributed by atoms with van der Waals surface area (Å²) in [6.07, 6.45) is 1.71. The first kappa shape index (κ1) is 16.8. The molecule has 0 spiro atoms. The highest BCUT2D eigenvalue weighted by Crippen LogP contribution is 2.28. The van der Waals surface area contributed by atoms with Crippen LogP contribution in [0.5, 0.6) is 0 Å². The van der Waals surface area contributed by atoms with Crippen molar-refractivity contribution in [3.05, 3.63) is 47.3 Å². The molecule has 1 unspecified atom stereocenters. The maximum atomic E-state index is 12.4. The molecule has 5 heteroatoms. The lowest BCUT2D eigenvalue weighted by Crippen LogP contribution is -2.50. The number of thiophene rings is 1. The van der Waals surface area contributed by atoms with Crippen LogP contribution in [0.1, 0.15) is 17.7 Å². The zero-order valence-electron chi connectivity index (χ0n) is 14.4. The van der Waals surface area contributed by atoms with Crippen LogP contribution in [0.15, 0.2) is 42.5 Å². The highest BCUT2D eigenvalue weighted by atomic mass is 32.1. The van der Waals surface area contributed by atoms with Crippen LogP contribution in [0.4, 0.5) is 0 Å². The second kappa shape index (κ2) is 7.68. The summed E-state index contributed by atoms with van der Waals surface area (Å²) >= 11 is 1.86. The first-order chi connectivity index (χ1) is 12.3. The lowest BCUT2D eigenvalue weighted by Gasteiger charge is -2.35. The van der Waals surface area contributed by atoms with Crippen molar-refractivity contribution in [2.45, 2.75) is 25.5 Å². The Labute approximate surface area is 153 Å². The molecule has 4 rings (SSSR count). The minimum atomic E-state index is -0.183. The summed E-state index contributed by atoms with van der Waals surface area (Å²) in [6, 6.07) is 15.0. The predicted octanol–water partition coefficient (Wildman–Crippen LogP) is 3.24. The van der Waals surface area contributed by atoms with Gasteiger partial charge in [-0.25, -0.2) is 0 Å². The number of hydrogen-bond acceptors (Lipinski definition) is 4. The van der Waals surface area contributed by atoms with Crippen LogP contribution in [0.3, 0.4) is 0 Å². The number of carbonyl (C=O) groups excluding carboxylic acids is 1. The zero-order chi connectivity index (χ0) is 17.1. The Bertz CT molecular complexity index is 701. The molecule has 4 nitrogen and oxygen atoms in total. The highest BCUT2D eigenvalue weighted by Gasteiger charge is 2.30. The van der Waals surface area contributed by atoms with Crippen LogP contribution < -0.4 is 0 Å². The molecular weight excluding hydrogens is 332 g/mol. The maximum absolute atomic E-state index is 12.4. The molecule has 0 N–H and O–H groups in total. The Morgan fingerprint density at radius 2 is 1.88 bits per heavy atom. The third-order valence-electron chi connectivity index (χ3n) is 4.99. The number of piperazine rings is 1. The standard InChI is InChI=1S/C20H24N2O2S/c23-20(18-7-4-14-24-18)22-12-10-21(11-13-22)15-17-8-9-19(25-17)16-5-2-1-3-6-16/h1-3,5-6,8-9,18H,4,7,10-15H2. The van der Waals surface area contributed by atoms with Gasteiger partial charge in [0.15, 0.2) is 0 Å². The van der Waals surface area contributed by atoms with Gasteiger partial charge in [0.25, 0.3) is 5.91 Å². The van der Waals surface area contributed by atoms with Gasteiger partial charge in [-0.05, 0) is 30.5 Å². The molecule has 1 amide bonds. The first-order valence-electron chi connectivity index (χ1n) is 9.06. The fourth-order valence-electron chi connectivity index (χ4n) is 3.54. The summed E-state index contributed by atoms with van der Waals surface area (Å²) in [5.41, 5.74) is 1.28. The molecule has 1 aromatic heterocycles. The van der Waals surface area contributed by atoms with Crippen molar-refractivity contribution in [3.63, 3.8) is 0 Å². The summed E-state index contributed by atoms with van der Waals surface area (Å²) < 4.78 is 5.53. The van der Waals surface area contributed by atoms with E-state index in [1.807, 2.05) is 16.2 Å². The van der Waals surface area contributed by atoms with E-state index in [0.717, 1.165) is 52.2 Å². The highest BCUT2D eigenvalue weighted by molar-refractivity contribution is 7.15. The van der Waals surface area contributed by atoms with Gasteiger partial charge in [-0.2, -0.15) is 0 Å². The van der Waals surface area contributed by atoms with Gasteiger partial charge >= 0.3 is 0 Å². The molecule has 0 radical (unpaired) electrons. The van der Waals surface area contributed by atoms with Crippen LogP contribution in [0, 0.1) is 0 Å². The molecule has 1 aromatic carbocycles. The number of hydrogen-bond donors (Lipinski definition) is 0. The minimum Gasteiger partial charge on any atom is -0.368 e. The Balaban J connectivity index is 1.30. The third-order valence-corrected chi connectivity index (χ3v) is 6.11. The predicted molar refractivity (Wildman–Crippen MR) is 101 cm³/mol. The molecule has 25 heavy (non-hydrogen) atoms. The Morgan fingerprint density at radius 3 is 2.60 bits per heavy atom. The third kappa shape index (κ3) is 3.94. The zero-order valence-corrected chi connectivity index (χ0v) is 15.2. The van der Waals surface area contributed by atoms with Gasteiger partial charge in [-0.15, -0.1) is 11.3 Å². The van der Waals surface area contributed by atoms with Gasteiger partial charge in [0.05, 0.1) is 0 Å². The van der Waals surface area contributed by atoms with E-state index in [4.69, 9.17) is 4.74 Å². The van der Waals surface area contributed by atoms with Gasteiger partial charge in [0.1, 0.15) is 6.10 Å². The van der Waals surface area contributed by atoms with Gasteiger partial charge in [0.2, 0.25) is 0 Å². The normalized spacial score (nSPS) is 21.6. The number of carbonyl (C=O) groups is 1. The van der Waals surface area contributed by atoms with E-state index < -0.39 is 0 Å². The topological polar surface area (TPSA) is 32.8 Å². The molecular formula is C20H24N2O2S. The van der Waals surface area contributed by atoms with E-state index in [1.165, 1.54) is 15.3 Å². The van der Waals surface area contributed by atoms with E-state index >= 15 is 0 Å². The van der Waals surface area contributed by atoms with Gasteiger partial charge < -0.3 is 9.64 Å². The first-order valence-corrected chi connectivity index (χ1v) is 9.88. The van der Waals surface area contributed by atoms with Crippen LogP contribution in [-0.4, -0.2) is 54.6 Å². The second-order valence-corrected chi connectivity index (χ2v) is 7.90. The molecule has 2 fully saturated rings.